The summed E-state index contributed by atoms with van der Waals surface area (Å²) in [5.41, 5.74) is 4.12. The lowest BCUT2D eigenvalue weighted by molar-refractivity contribution is 0.494. The number of rotatable bonds is 2. The molecule has 3 aromatic heterocycles. The van der Waals surface area contributed by atoms with E-state index in [4.69, 9.17) is 16.6 Å². The van der Waals surface area contributed by atoms with E-state index in [1.54, 1.807) is 0 Å². The molecule has 0 spiro atoms. The van der Waals surface area contributed by atoms with Crippen LogP contribution in [0, 0.1) is 25.5 Å². The Hall–Kier alpha value is -1.82. The summed E-state index contributed by atoms with van der Waals surface area (Å²) in [6, 6.07) is 2.17. The molecule has 1 unspecified atom stereocenters. The molecule has 3 rings (SSSR count). The van der Waals surface area contributed by atoms with E-state index < -0.39 is 0 Å². The number of aromatic amines is 1. The summed E-state index contributed by atoms with van der Waals surface area (Å²) in [5, 5.41) is 4.45. The summed E-state index contributed by atoms with van der Waals surface area (Å²) >= 11 is 5.49. The van der Waals surface area contributed by atoms with Gasteiger partial charge in [0, 0.05) is 12.6 Å². The number of hydrogen-bond donors (Lipinski definition) is 1. The second-order valence-electron chi connectivity index (χ2n) is 5.25. The number of imidazole rings is 1. The zero-order chi connectivity index (χ0) is 14.6. The van der Waals surface area contributed by atoms with Crippen molar-refractivity contribution in [1.29, 1.82) is 0 Å². The predicted octanol–water partition coefficient (Wildman–Crippen LogP) is 3.56. The quantitative estimate of drug-likeness (QED) is 0.734. The lowest BCUT2D eigenvalue weighted by atomic mass is 10.1. The molecule has 0 amide bonds. The summed E-state index contributed by atoms with van der Waals surface area (Å²) in [6.45, 7) is 8.06. The Morgan fingerprint density at radius 2 is 2.05 bits per heavy atom. The highest BCUT2D eigenvalue weighted by Gasteiger charge is 2.20. The average molecular weight is 290 g/mol. The molecule has 0 fully saturated rings. The van der Waals surface area contributed by atoms with Crippen molar-refractivity contribution in [1.82, 2.24) is 19.3 Å². The van der Waals surface area contributed by atoms with Crippen LogP contribution in [0.1, 0.15) is 35.7 Å². The Bertz CT molecular complexity index is 849. The largest absolute Gasteiger partial charge is 0.466 e. The zero-order valence-corrected chi connectivity index (χ0v) is 13.1. The molecule has 0 saturated carbocycles. The summed E-state index contributed by atoms with van der Waals surface area (Å²) in [4.78, 5) is 3.26. The van der Waals surface area contributed by atoms with Crippen LogP contribution in [0.5, 0.6) is 0 Å². The summed E-state index contributed by atoms with van der Waals surface area (Å²) in [7, 11) is 1.94. The molecule has 1 atom stereocenters. The number of furan rings is 1. The van der Waals surface area contributed by atoms with Gasteiger partial charge in [0.25, 0.3) is 0 Å². The lowest BCUT2D eigenvalue weighted by Crippen LogP contribution is -2.10. The van der Waals surface area contributed by atoms with Crippen LogP contribution in [0.4, 0.5) is 0 Å². The van der Waals surface area contributed by atoms with Gasteiger partial charge in [-0.1, -0.05) is 0 Å². The van der Waals surface area contributed by atoms with Crippen molar-refractivity contribution in [2.45, 2.75) is 33.7 Å². The van der Waals surface area contributed by atoms with Crippen molar-refractivity contribution in [2.24, 2.45) is 7.05 Å². The molecule has 1 N–H and O–H groups in total. The molecule has 20 heavy (non-hydrogen) atoms. The van der Waals surface area contributed by atoms with Gasteiger partial charge < -0.3 is 9.40 Å². The van der Waals surface area contributed by atoms with Crippen LogP contribution < -0.4 is 0 Å². The number of hydrogen-bond acceptors (Lipinski definition) is 3. The van der Waals surface area contributed by atoms with Crippen LogP contribution in [0.3, 0.4) is 0 Å². The maximum absolute atomic E-state index is 5.64. The smallest absolute Gasteiger partial charge is 0.179 e. The Balaban J connectivity index is 2.26. The molecule has 6 heteroatoms. The topological polar surface area (TPSA) is 51.7 Å². The first-order valence-electron chi connectivity index (χ1n) is 6.61. The average Bonchev–Trinajstić information content (AvgIpc) is 2.95. The molecule has 0 aliphatic rings. The number of aromatic nitrogens is 4. The van der Waals surface area contributed by atoms with Crippen LogP contribution in [-0.2, 0) is 7.05 Å². The Kier molecular flexibility index (Phi) is 2.86. The van der Waals surface area contributed by atoms with Gasteiger partial charge in [0.05, 0.1) is 11.7 Å². The van der Waals surface area contributed by atoms with Gasteiger partial charge in [0.2, 0.25) is 0 Å². The van der Waals surface area contributed by atoms with Crippen molar-refractivity contribution in [3.8, 4) is 0 Å². The van der Waals surface area contributed by atoms with E-state index in [0.29, 0.717) is 4.77 Å². The normalized spacial score (nSPS) is 13.2. The van der Waals surface area contributed by atoms with Gasteiger partial charge in [-0.15, -0.1) is 0 Å². The fraction of sp³-hybridized carbons (Fsp3) is 0.429. The maximum Gasteiger partial charge on any atom is 0.179 e. The minimum absolute atomic E-state index is 0.100. The van der Waals surface area contributed by atoms with E-state index in [9.17, 15) is 0 Å². The Morgan fingerprint density at radius 1 is 1.35 bits per heavy atom. The molecule has 0 saturated heterocycles. The van der Waals surface area contributed by atoms with Gasteiger partial charge in [0.15, 0.2) is 10.4 Å². The first-order valence-corrected chi connectivity index (χ1v) is 7.01. The van der Waals surface area contributed by atoms with E-state index in [1.165, 1.54) is 0 Å². The highest BCUT2D eigenvalue weighted by molar-refractivity contribution is 7.71. The molecule has 5 nitrogen and oxygen atoms in total. The highest BCUT2D eigenvalue weighted by Crippen LogP contribution is 2.29. The van der Waals surface area contributed by atoms with Crippen molar-refractivity contribution in [2.75, 3.05) is 0 Å². The van der Waals surface area contributed by atoms with Gasteiger partial charge in [-0.3, -0.25) is 9.25 Å². The third kappa shape index (κ3) is 1.75. The highest BCUT2D eigenvalue weighted by atomic mass is 32.1. The SMILES string of the molecule is Cc1cc(C(C)n2c(=S)[nH]c3c(C)nn(C)c32)c(C)o1. The zero-order valence-electron chi connectivity index (χ0n) is 12.3. The third-order valence-corrected chi connectivity index (χ3v) is 4.09. The van der Waals surface area contributed by atoms with Gasteiger partial charge in [-0.25, -0.2) is 0 Å². The monoisotopic (exact) mass is 290 g/mol. The molecule has 0 aliphatic carbocycles. The predicted molar refractivity (Wildman–Crippen MR) is 80.6 cm³/mol. The molecule has 0 bridgehead atoms. The number of H-pyrrole nitrogens is 1. The molecule has 3 heterocycles. The molecule has 106 valence electrons. The van der Waals surface area contributed by atoms with Crippen molar-refractivity contribution in [3.63, 3.8) is 0 Å². The molecule has 0 aromatic carbocycles. The number of aryl methyl sites for hydroxylation is 4. The summed E-state index contributed by atoms with van der Waals surface area (Å²) in [5.74, 6) is 1.86. The van der Waals surface area contributed by atoms with Crippen LogP contribution in [0.15, 0.2) is 10.5 Å². The summed E-state index contributed by atoms with van der Waals surface area (Å²) in [6.07, 6.45) is 0. The fourth-order valence-corrected chi connectivity index (χ4v) is 3.24. The van der Waals surface area contributed by atoms with Crippen molar-refractivity contribution in [3.05, 3.63) is 33.6 Å². The van der Waals surface area contributed by atoms with E-state index in [2.05, 4.69) is 27.6 Å². The Labute approximate surface area is 122 Å². The van der Waals surface area contributed by atoms with Crippen LogP contribution >= 0.6 is 12.2 Å². The van der Waals surface area contributed by atoms with E-state index in [1.807, 2.05) is 32.5 Å². The molecule has 3 aromatic rings. The van der Waals surface area contributed by atoms with Gasteiger partial charge in [-0.2, -0.15) is 5.10 Å². The fourth-order valence-electron chi connectivity index (χ4n) is 2.90. The van der Waals surface area contributed by atoms with Gasteiger partial charge >= 0.3 is 0 Å². The molecule has 0 radical (unpaired) electrons. The lowest BCUT2D eigenvalue weighted by Gasteiger charge is -2.14. The van der Waals surface area contributed by atoms with E-state index >= 15 is 0 Å². The number of fused-ring (bicyclic) bond motifs is 1. The molecular formula is C14H18N4OS. The van der Waals surface area contributed by atoms with Gasteiger partial charge in [-0.05, 0) is 46.0 Å². The van der Waals surface area contributed by atoms with Crippen LogP contribution in [0.25, 0.3) is 11.2 Å². The van der Waals surface area contributed by atoms with E-state index in [-0.39, 0.29) is 6.04 Å². The molecule has 0 aliphatic heterocycles. The standard InChI is InChI=1S/C14H18N4OS/c1-7-6-11(10(4)19-7)9(3)18-13-12(15-14(18)20)8(2)16-17(13)5/h6,9H,1-5H3,(H,15,20). The number of nitrogens with zero attached hydrogens (tertiary/aromatic N) is 3. The summed E-state index contributed by atoms with van der Waals surface area (Å²) < 4.78 is 10.3. The maximum atomic E-state index is 5.64. The second-order valence-corrected chi connectivity index (χ2v) is 5.64. The van der Waals surface area contributed by atoms with Crippen LogP contribution in [-0.4, -0.2) is 19.3 Å². The third-order valence-electron chi connectivity index (χ3n) is 3.79. The van der Waals surface area contributed by atoms with Crippen molar-refractivity contribution >= 4 is 23.4 Å². The van der Waals surface area contributed by atoms with E-state index in [0.717, 1.165) is 33.9 Å². The molecular weight excluding hydrogens is 272 g/mol. The minimum atomic E-state index is 0.100. The second kappa shape index (κ2) is 4.34. The van der Waals surface area contributed by atoms with Crippen LogP contribution in [0.2, 0.25) is 0 Å². The van der Waals surface area contributed by atoms with Crippen molar-refractivity contribution < 1.29 is 4.42 Å². The first kappa shape index (κ1) is 13.2. The Morgan fingerprint density at radius 3 is 2.65 bits per heavy atom. The van der Waals surface area contributed by atoms with Gasteiger partial charge in [0.1, 0.15) is 17.0 Å². The first-order chi connectivity index (χ1) is 9.40. The number of nitrogens with one attached hydrogen (secondary N) is 1. The minimum Gasteiger partial charge on any atom is -0.466 e.